The molecule has 2 aromatic rings. The van der Waals surface area contributed by atoms with Gasteiger partial charge in [0, 0.05) is 0 Å². The van der Waals surface area contributed by atoms with Crippen LogP contribution in [0.1, 0.15) is 23.1 Å². The van der Waals surface area contributed by atoms with E-state index in [1.807, 2.05) is 18.2 Å². The SMILES string of the molecule is C=CCCc1ccc(CCc2ccc(O)cc2)cc1. The first-order valence-electron chi connectivity index (χ1n) is 6.74. The van der Waals surface area contributed by atoms with Gasteiger partial charge in [0.15, 0.2) is 0 Å². The van der Waals surface area contributed by atoms with Crippen molar-refractivity contribution in [3.05, 3.63) is 77.9 Å². The standard InChI is InChI=1S/C18H20O/c1-2-3-4-15-5-7-16(8-6-15)9-10-17-11-13-18(19)14-12-17/h2,5-8,11-14,19H,1,3-4,9-10H2. The molecule has 1 nitrogen and oxygen atoms in total. The third-order valence-electron chi connectivity index (χ3n) is 3.30. The Morgan fingerprint density at radius 2 is 1.16 bits per heavy atom. The van der Waals surface area contributed by atoms with Gasteiger partial charge in [-0.15, -0.1) is 6.58 Å². The van der Waals surface area contributed by atoms with Gasteiger partial charge in [-0.05, 0) is 54.5 Å². The van der Waals surface area contributed by atoms with Crippen molar-refractivity contribution in [2.45, 2.75) is 25.7 Å². The highest BCUT2D eigenvalue weighted by Gasteiger charge is 1.97. The first-order chi connectivity index (χ1) is 9.28. The minimum Gasteiger partial charge on any atom is -0.508 e. The fourth-order valence-corrected chi connectivity index (χ4v) is 2.09. The predicted molar refractivity (Wildman–Crippen MR) is 80.5 cm³/mol. The van der Waals surface area contributed by atoms with E-state index in [0.29, 0.717) is 5.75 Å². The van der Waals surface area contributed by atoms with Gasteiger partial charge in [0.05, 0.1) is 0 Å². The smallest absolute Gasteiger partial charge is 0.115 e. The van der Waals surface area contributed by atoms with Gasteiger partial charge in [-0.3, -0.25) is 0 Å². The lowest BCUT2D eigenvalue weighted by atomic mass is 10.0. The van der Waals surface area contributed by atoms with Crippen LogP contribution in [0.15, 0.2) is 61.2 Å². The number of rotatable bonds is 6. The highest BCUT2D eigenvalue weighted by molar-refractivity contribution is 5.28. The largest absolute Gasteiger partial charge is 0.508 e. The minimum atomic E-state index is 0.329. The van der Waals surface area contributed by atoms with Crippen molar-refractivity contribution in [3.63, 3.8) is 0 Å². The quantitative estimate of drug-likeness (QED) is 0.760. The van der Waals surface area contributed by atoms with Crippen LogP contribution in [-0.4, -0.2) is 5.11 Å². The van der Waals surface area contributed by atoms with Gasteiger partial charge < -0.3 is 5.11 Å². The van der Waals surface area contributed by atoms with Gasteiger partial charge in [-0.1, -0.05) is 42.5 Å². The number of hydrogen-bond donors (Lipinski definition) is 1. The van der Waals surface area contributed by atoms with Crippen molar-refractivity contribution < 1.29 is 5.11 Å². The van der Waals surface area contributed by atoms with E-state index in [-0.39, 0.29) is 0 Å². The first-order valence-corrected chi connectivity index (χ1v) is 6.74. The summed E-state index contributed by atoms with van der Waals surface area (Å²) in [5.74, 6) is 0.329. The molecule has 0 saturated carbocycles. The number of phenolic OH excluding ortho intramolecular Hbond substituents is 1. The molecule has 1 heteroatoms. The van der Waals surface area contributed by atoms with Crippen LogP contribution in [0.25, 0.3) is 0 Å². The van der Waals surface area contributed by atoms with Crippen molar-refractivity contribution in [1.82, 2.24) is 0 Å². The summed E-state index contributed by atoms with van der Waals surface area (Å²) in [5.41, 5.74) is 3.98. The molecule has 19 heavy (non-hydrogen) atoms. The zero-order valence-electron chi connectivity index (χ0n) is 11.2. The molecular formula is C18H20O. The summed E-state index contributed by atoms with van der Waals surface area (Å²) in [5, 5.41) is 9.24. The van der Waals surface area contributed by atoms with Crippen molar-refractivity contribution in [1.29, 1.82) is 0 Å². The van der Waals surface area contributed by atoms with Gasteiger partial charge in [0.25, 0.3) is 0 Å². The summed E-state index contributed by atoms with van der Waals surface area (Å²) in [7, 11) is 0. The average Bonchev–Trinajstić information content (AvgIpc) is 2.46. The lowest BCUT2D eigenvalue weighted by molar-refractivity contribution is 0.475. The van der Waals surface area contributed by atoms with E-state index in [4.69, 9.17) is 0 Å². The summed E-state index contributed by atoms with van der Waals surface area (Å²) in [4.78, 5) is 0. The third-order valence-corrected chi connectivity index (χ3v) is 3.30. The van der Waals surface area contributed by atoms with Crippen LogP contribution in [-0.2, 0) is 19.3 Å². The number of benzene rings is 2. The Morgan fingerprint density at radius 1 is 0.737 bits per heavy atom. The molecule has 0 unspecified atom stereocenters. The third kappa shape index (κ3) is 4.29. The Kier molecular flexibility index (Phi) is 4.79. The maximum atomic E-state index is 9.24. The molecule has 0 spiro atoms. The number of hydrogen-bond acceptors (Lipinski definition) is 1. The number of allylic oxidation sites excluding steroid dienone is 1. The summed E-state index contributed by atoms with van der Waals surface area (Å²) >= 11 is 0. The molecule has 1 N–H and O–H groups in total. The van der Waals surface area contributed by atoms with Gasteiger partial charge >= 0.3 is 0 Å². The highest BCUT2D eigenvalue weighted by Crippen LogP contribution is 2.13. The molecule has 0 heterocycles. The summed E-state index contributed by atoms with van der Waals surface area (Å²) in [6.07, 6.45) is 6.10. The molecule has 0 fully saturated rings. The molecule has 0 aliphatic rings. The second-order valence-electron chi connectivity index (χ2n) is 4.81. The van der Waals surface area contributed by atoms with Crippen molar-refractivity contribution in [2.24, 2.45) is 0 Å². The van der Waals surface area contributed by atoms with Gasteiger partial charge in [0.2, 0.25) is 0 Å². The lowest BCUT2D eigenvalue weighted by Gasteiger charge is -2.04. The molecular weight excluding hydrogens is 232 g/mol. The Bertz CT molecular complexity index is 508. The van der Waals surface area contributed by atoms with Crippen LogP contribution in [0, 0.1) is 0 Å². The van der Waals surface area contributed by atoms with E-state index in [2.05, 4.69) is 30.8 Å². The van der Waals surface area contributed by atoms with Crippen LogP contribution >= 0.6 is 0 Å². The summed E-state index contributed by atoms with van der Waals surface area (Å²) < 4.78 is 0. The Hall–Kier alpha value is -2.02. The molecule has 0 atom stereocenters. The number of aryl methyl sites for hydroxylation is 3. The predicted octanol–water partition coefficient (Wildman–Crippen LogP) is 4.30. The monoisotopic (exact) mass is 252 g/mol. The number of aromatic hydroxyl groups is 1. The van der Waals surface area contributed by atoms with Crippen LogP contribution in [0.2, 0.25) is 0 Å². The van der Waals surface area contributed by atoms with E-state index in [9.17, 15) is 5.11 Å². The van der Waals surface area contributed by atoms with Crippen LogP contribution in [0.4, 0.5) is 0 Å². The molecule has 0 radical (unpaired) electrons. The van der Waals surface area contributed by atoms with E-state index < -0.39 is 0 Å². The fraction of sp³-hybridized carbons (Fsp3) is 0.222. The maximum absolute atomic E-state index is 9.24. The minimum absolute atomic E-state index is 0.329. The van der Waals surface area contributed by atoms with Gasteiger partial charge in [0.1, 0.15) is 5.75 Å². The Labute approximate surface area is 115 Å². The zero-order chi connectivity index (χ0) is 13.5. The summed E-state index contributed by atoms with van der Waals surface area (Å²) in [6.45, 7) is 3.74. The second-order valence-corrected chi connectivity index (χ2v) is 4.81. The summed E-state index contributed by atoms with van der Waals surface area (Å²) in [6, 6.07) is 16.3. The topological polar surface area (TPSA) is 20.2 Å². The molecule has 0 saturated heterocycles. The molecule has 2 aromatic carbocycles. The van der Waals surface area contributed by atoms with Crippen molar-refractivity contribution >= 4 is 0 Å². The lowest BCUT2D eigenvalue weighted by Crippen LogP contribution is -1.92. The van der Waals surface area contributed by atoms with E-state index in [1.54, 1.807) is 12.1 Å². The van der Waals surface area contributed by atoms with Crippen LogP contribution in [0.5, 0.6) is 5.75 Å². The van der Waals surface area contributed by atoms with E-state index in [0.717, 1.165) is 25.7 Å². The molecule has 0 aliphatic heterocycles. The molecule has 0 aromatic heterocycles. The molecule has 0 amide bonds. The first kappa shape index (κ1) is 13.4. The fourth-order valence-electron chi connectivity index (χ4n) is 2.09. The van der Waals surface area contributed by atoms with Crippen molar-refractivity contribution in [2.75, 3.05) is 0 Å². The second kappa shape index (κ2) is 6.79. The Morgan fingerprint density at radius 3 is 1.63 bits per heavy atom. The Balaban J connectivity index is 1.89. The van der Waals surface area contributed by atoms with Crippen LogP contribution < -0.4 is 0 Å². The molecule has 0 aliphatic carbocycles. The van der Waals surface area contributed by atoms with E-state index >= 15 is 0 Å². The van der Waals surface area contributed by atoms with Crippen molar-refractivity contribution in [3.8, 4) is 5.75 Å². The van der Waals surface area contributed by atoms with Gasteiger partial charge in [-0.2, -0.15) is 0 Å². The normalized spacial score (nSPS) is 10.3. The van der Waals surface area contributed by atoms with Gasteiger partial charge in [-0.25, -0.2) is 0 Å². The molecule has 2 rings (SSSR count). The number of phenols is 1. The molecule has 0 bridgehead atoms. The average molecular weight is 252 g/mol. The molecule has 98 valence electrons. The van der Waals surface area contributed by atoms with Crippen LogP contribution in [0.3, 0.4) is 0 Å². The zero-order valence-corrected chi connectivity index (χ0v) is 11.2. The van der Waals surface area contributed by atoms with E-state index in [1.165, 1.54) is 16.7 Å². The maximum Gasteiger partial charge on any atom is 0.115 e. The highest BCUT2D eigenvalue weighted by atomic mass is 16.3.